The van der Waals surface area contributed by atoms with Crippen molar-refractivity contribution in [3.05, 3.63) is 18.2 Å². The van der Waals surface area contributed by atoms with Crippen molar-refractivity contribution in [2.75, 3.05) is 6.54 Å². The smallest absolute Gasteiger partial charge is 0.147 e. The zero-order chi connectivity index (χ0) is 11.6. The van der Waals surface area contributed by atoms with Crippen molar-refractivity contribution in [1.29, 1.82) is 0 Å². The predicted octanol–water partition coefficient (Wildman–Crippen LogP) is 1.14. The molecule has 4 nitrogen and oxygen atoms in total. The van der Waals surface area contributed by atoms with Crippen LogP contribution >= 0.6 is 0 Å². The van der Waals surface area contributed by atoms with E-state index in [4.69, 9.17) is 5.73 Å². The van der Waals surface area contributed by atoms with Crippen molar-refractivity contribution in [2.24, 2.45) is 11.1 Å². The van der Waals surface area contributed by atoms with Gasteiger partial charge in [0.1, 0.15) is 11.6 Å². The van der Waals surface area contributed by atoms with Crippen LogP contribution in [0.2, 0.25) is 0 Å². The second-order valence-electron chi connectivity index (χ2n) is 4.62. The average molecular weight is 221 g/mol. The summed E-state index contributed by atoms with van der Waals surface area (Å²) in [6.45, 7) is 3.53. The third-order valence-corrected chi connectivity index (χ3v) is 3.42. The van der Waals surface area contributed by atoms with Gasteiger partial charge in [-0.1, -0.05) is 6.92 Å². The van der Waals surface area contributed by atoms with Gasteiger partial charge in [-0.3, -0.25) is 4.79 Å². The van der Waals surface area contributed by atoms with Crippen LogP contribution in [0.25, 0.3) is 0 Å². The minimum Gasteiger partial charge on any atom is -0.335 e. The number of carbonyl (C=O) groups is 1. The van der Waals surface area contributed by atoms with Crippen LogP contribution in [-0.4, -0.2) is 21.9 Å². The monoisotopic (exact) mass is 221 g/mol. The van der Waals surface area contributed by atoms with Gasteiger partial charge in [0, 0.05) is 30.9 Å². The Bertz CT molecular complexity index is 379. The summed E-state index contributed by atoms with van der Waals surface area (Å²) in [5.41, 5.74) is 5.44. The van der Waals surface area contributed by atoms with E-state index in [1.807, 2.05) is 6.20 Å². The van der Waals surface area contributed by atoms with Crippen LogP contribution in [0.1, 0.15) is 32.0 Å². The minimum atomic E-state index is -0.205. The average Bonchev–Trinajstić information content (AvgIpc) is 2.98. The molecule has 2 N–H and O–H groups in total. The van der Waals surface area contributed by atoms with Crippen LogP contribution in [0.4, 0.5) is 0 Å². The topological polar surface area (TPSA) is 60.9 Å². The molecule has 88 valence electrons. The quantitative estimate of drug-likeness (QED) is 0.783. The highest BCUT2D eigenvalue weighted by molar-refractivity contribution is 5.88. The van der Waals surface area contributed by atoms with Gasteiger partial charge in [-0.2, -0.15) is 0 Å². The first kappa shape index (κ1) is 11.3. The first-order valence-corrected chi connectivity index (χ1v) is 5.95. The number of rotatable bonds is 6. The van der Waals surface area contributed by atoms with Gasteiger partial charge in [0.2, 0.25) is 0 Å². The molecule has 1 aliphatic carbocycles. The summed E-state index contributed by atoms with van der Waals surface area (Å²) in [5, 5.41) is 0. The molecular formula is C12H19N3O. The van der Waals surface area contributed by atoms with E-state index in [1.54, 1.807) is 6.20 Å². The lowest BCUT2D eigenvalue weighted by Gasteiger charge is -2.11. The van der Waals surface area contributed by atoms with Gasteiger partial charge in [-0.15, -0.1) is 0 Å². The van der Waals surface area contributed by atoms with Gasteiger partial charge in [-0.25, -0.2) is 4.98 Å². The van der Waals surface area contributed by atoms with E-state index in [0.29, 0.717) is 13.0 Å². The summed E-state index contributed by atoms with van der Waals surface area (Å²) in [7, 11) is 0. The van der Waals surface area contributed by atoms with Gasteiger partial charge < -0.3 is 10.3 Å². The normalized spacial score (nSPS) is 17.4. The summed E-state index contributed by atoms with van der Waals surface area (Å²) in [5.74, 6) is 1.14. The second kappa shape index (κ2) is 4.37. The summed E-state index contributed by atoms with van der Waals surface area (Å²) >= 11 is 0. The standard InChI is InChI=1S/C12H19N3O/c1-2-6-15-7-5-14-11(15)8-10(16)12(9-13)3-4-12/h5,7H,2-4,6,8-9,13H2,1H3. The van der Waals surface area contributed by atoms with Crippen molar-refractivity contribution >= 4 is 5.78 Å². The number of carbonyl (C=O) groups excluding carboxylic acids is 1. The largest absolute Gasteiger partial charge is 0.335 e. The van der Waals surface area contributed by atoms with E-state index >= 15 is 0 Å². The number of aromatic nitrogens is 2. The van der Waals surface area contributed by atoms with Crippen molar-refractivity contribution < 1.29 is 4.79 Å². The second-order valence-corrected chi connectivity index (χ2v) is 4.62. The Morgan fingerprint density at radius 1 is 1.62 bits per heavy atom. The molecule has 0 atom stereocenters. The number of Topliss-reactive ketones (excluding diaryl/α,β-unsaturated/α-hetero) is 1. The van der Waals surface area contributed by atoms with Crippen LogP contribution < -0.4 is 5.73 Å². The molecule has 0 spiro atoms. The number of nitrogens with two attached hydrogens (primary N) is 1. The van der Waals surface area contributed by atoms with E-state index in [1.165, 1.54) is 0 Å². The highest BCUT2D eigenvalue weighted by Crippen LogP contribution is 2.45. The molecule has 1 aromatic heterocycles. The molecule has 1 aromatic rings. The molecular weight excluding hydrogens is 202 g/mol. The maximum absolute atomic E-state index is 12.0. The van der Waals surface area contributed by atoms with Gasteiger partial charge >= 0.3 is 0 Å². The molecule has 1 saturated carbocycles. The Kier molecular flexibility index (Phi) is 3.10. The maximum atomic E-state index is 12.0. The number of hydrogen-bond donors (Lipinski definition) is 1. The molecule has 0 bridgehead atoms. The lowest BCUT2D eigenvalue weighted by Crippen LogP contribution is -2.27. The lowest BCUT2D eigenvalue weighted by molar-refractivity contribution is -0.123. The molecule has 1 heterocycles. The SMILES string of the molecule is CCCn1ccnc1CC(=O)C1(CN)CC1. The maximum Gasteiger partial charge on any atom is 0.147 e. The lowest BCUT2D eigenvalue weighted by atomic mass is 9.98. The Hall–Kier alpha value is -1.16. The van der Waals surface area contributed by atoms with Gasteiger partial charge in [-0.05, 0) is 19.3 Å². The molecule has 1 fully saturated rings. The number of ketones is 1. The molecule has 1 aliphatic rings. The highest BCUT2D eigenvalue weighted by atomic mass is 16.1. The van der Waals surface area contributed by atoms with Crippen LogP contribution in [0.15, 0.2) is 12.4 Å². The van der Waals surface area contributed by atoms with E-state index in [0.717, 1.165) is 31.6 Å². The minimum absolute atomic E-state index is 0.205. The van der Waals surface area contributed by atoms with Crippen LogP contribution in [0.5, 0.6) is 0 Å². The summed E-state index contributed by atoms with van der Waals surface area (Å²) in [6.07, 6.45) is 7.10. The molecule has 0 aromatic carbocycles. The fourth-order valence-corrected chi connectivity index (χ4v) is 2.03. The van der Waals surface area contributed by atoms with Gasteiger partial charge in [0.05, 0.1) is 6.42 Å². The van der Waals surface area contributed by atoms with Crippen molar-refractivity contribution in [3.63, 3.8) is 0 Å². The summed E-state index contributed by atoms with van der Waals surface area (Å²) in [6, 6.07) is 0. The molecule has 4 heteroatoms. The molecule has 0 amide bonds. The Morgan fingerprint density at radius 2 is 2.38 bits per heavy atom. The van der Waals surface area contributed by atoms with E-state index in [9.17, 15) is 4.79 Å². The van der Waals surface area contributed by atoms with Crippen LogP contribution in [-0.2, 0) is 17.8 Å². The Morgan fingerprint density at radius 3 is 2.94 bits per heavy atom. The molecule has 0 aliphatic heterocycles. The third-order valence-electron chi connectivity index (χ3n) is 3.42. The zero-order valence-electron chi connectivity index (χ0n) is 9.78. The third kappa shape index (κ3) is 2.02. The molecule has 16 heavy (non-hydrogen) atoms. The highest BCUT2D eigenvalue weighted by Gasteiger charge is 2.47. The molecule has 0 saturated heterocycles. The summed E-state index contributed by atoms with van der Waals surface area (Å²) < 4.78 is 2.06. The number of nitrogens with zero attached hydrogens (tertiary/aromatic N) is 2. The van der Waals surface area contributed by atoms with E-state index in [-0.39, 0.29) is 11.2 Å². The zero-order valence-corrected chi connectivity index (χ0v) is 9.78. The Labute approximate surface area is 95.9 Å². The molecule has 2 rings (SSSR count). The van der Waals surface area contributed by atoms with Crippen LogP contribution in [0.3, 0.4) is 0 Å². The first-order valence-electron chi connectivity index (χ1n) is 5.95. The summed E-state index contributed by atoms with van der Waals surface area (Å²) in [4.78, 5) is 16.3. The van der Waals surface area contributed by atoms with Crippen LogP contribution in [0, 0.1) is 5.41 Å². The van der Waals surface area contributed by atoms with E-state index in [2.05, 4.69) is 16.5 Å². The van der Waals surface area contributed by atoms with E-state index < -0.39 is 0 Å². The molecule has 0 radical (unpaired) electrons. The number of hydrogen-bond acceptors (Lipinski definition) is 3. The van der Waals surface area contributed by atoms with Gasteiger partial charge in [0.25, 0.3) is 0 Å². The van der Waals surface area contributed by atoms with Crippen molar-refractivity contribution in [3.8, 4) is 0 Å². The van der Waals surface area contributed by atoms with Crippen molar-refractivity contribution in [2.45, 2.75) is 39.2 Å². The predicted molar refractivity (Wildman–Crippen MR) is 62.0 cm³/mol. The first-order chi connectivity index (χ1) is 7.72. The number of imidazole rings is 1. The Balaban J connectivity index is 2.03. The fraction of sp³-hybridized carbons (Fsp3) is 0.667. The van der Waals surface area contributed by atoms with Crippen molar-refractivity contribution in [1.82, 2.24) is 9.55 Å². The fourth-order valence-electron chi connectivity index (χ4n) is 2.03. The number of aryl methyl sites for hydroxylation is 1. The van der Waals surface area contributed by atoms with Gasteiger partial charge in [0.15, 0.2) is 0 Å². The molecule has 0 unspecified atom stereocenters.